The normalized spacial score (nSPS) is 22.4. The summed E-state index contributed by atoms with van der Waals surface area (Å²) in [5, 5.41) is 11.3. The number of hydrogen-bond acceptors (Lipinski definition) is 4. The van der Waals surface area contributed by atoms with Crippen molar-refractivity contribution >= 4 is 0 Å². The molecule has 1 aromatic rings. The monoisotopic (exact) mass is 181 g/mol. The van der Waals surface area contributed by atoms with Gasteiger partial charge in [0.2, 0.25) is 0 Å². The summed E-state index contributed by atoms with van der Waals surface area (Å²) in [6, 6.07) is 0. The van der Waals surface area contributed by atoms with E-state index in [1.807, 2.05) is 10.9 Å². The van der Waals surface area contributed by atoms with Gasteiger partial charge < -0.3 is 11.1 Å². The van der Waals surface area contributed by atoms with Crippen LogP contribution in [-0.2, 0) is 13.1 Å². The smallest absolute Gasteiger partial charge is 0.0962 e. The first-order valence-electron chi connectivity index (χ1n) is 4.68. The van der Waals surface area contributed by atoms with E-state index in [2.05, 4.69) is 15.6 Å². The number of nitrogens with zero attached hydrogens (tertiary/aromatic N) is 3. The van der Waals surface area contributed by atoms with Gasteiger partial charge in [0.15, 0.2) is 0 Å². The van der Waals surface area contributed by atoms with E-state index in [4.69, 9.17) is 5.73 Å². The molecule has 0 amide bonds. The van der Waals surface area contributed by atoms with Crippen LogP contribution in [0.4, 0.5) is 0 Å². The zero-order valence-electron chi connectivity index (χ0n) is 7.61. The van der Waals surface area contributed by atoms with Crippen molar-refractivity contribution in [1.29, 1.82) is 0 Å². The molecule has 0 bridgehead atoms. The summed E-state index contributed by atoms with van der Waals surface area (Å²) in [4.78, 5) is 0. The molecule has 0 saturated carbocycles. The Bertz CT molecular complexity index is 263. The minimum absolute atomic E-state index is 0.475. The van der Waals surface area contributed by atoms with Gasteiger partial charge in [0, 0.05) is 19.3 Å². The molecule has 1 aromatic heterocycles. The van der Waals surface area contributed by atoms with Crippen LogP contribution in [0.3, 0.4) is 0 Å². The van der Waals surface area contributed by atoms with Crippen molar-refractivity contribution in [2.45, 2.75) is 19.5 Å². The van der Waals surface area contributed by atoms with E-state index in [9.17, 15) is 0 Å². The third kappa shape index (κ3) is 2.05. The average Bonchev–Trinajstić information content (AvgIpc) is 2.76. The zero-order chi connectivity index (χ0) is 9.10. The molecule has 0 aliphatic carbocycles. The molecule has 1 atom stereocenters. The van der Waals surface area contributed by atoms with Gasteiger partial charge in [-0.2, -0.15) is 0 Å². The van der Waals surface area contributed by atoms with Crippen molar-refractivity contribution in [3.63, 3.8) is 0 Å². The fourth-order valence-corrected chi connectivity index (χ4v) is 1.66. The fourth-order valence-electron chi connectivity index (χ4n) is 1.66. The third-order valence-electron chi connectivity index (χ3n) is 2.40. The van der Waals surface area contributed by atoms with Crippen LogP contribution in [-0.4, -0.2) is 28.1 Å². The van der Waals surface area contributed by atoms with Gasteiger partial charge in [-0.1, -0.05) is 5.21 Å². The quantitative estimate of drug-likeness (QED) is 0.650. The summed E-state index contributed by atoms with van der Waals surface area (Å²) in [5.41, 5.74) is 6.31. The second-order valence-corrected chi connectivity index (χ2v) is 3.49. The predicted octanol–water partition coefficient (Wildman–Crippen LogP) is -0.654. The van der Waals surface area contributed by atoms with Crippen LogP contribution in [0.15, 0.2) is 6.20 Å². The minimum atomic E-state index is 0.475. The van der Waals surface area contributed by atoms with E-state index in [1.54, 1.807) is 0 Å². The molecule has 2 heterocycles. The van der Waals surface area contributed by atoms with Gasteiger partial charge in [0.05, 0.1) is 5.69 Å². The van der Waals surface area contributed by atoms with E-state index in [1.165, 1.54) is 6.42 Å². The lowest BCUT2D eigenvalue weighted by Gasteiger charge is -2.06. The van der Waals surface area contributed by atoms with Gasteiger partial charge >= 0.3 is 0 Å². The third-order valence-corrected chi connectivity index (χ3v) is 2.40. The first kappa shape index (κ1) is 8.65. The Labute approximate surface area is 77.3 Å². The second kappa shape index (κ2) is 3.85. The van der Waals surface area contributed by atoms with Crippen molar-refractivity contribution < 1.29 is 0 Å². The van der Waals surface area contributed by atoms with Crippen molar-refractivity contribution in [2.24, 2.45) is 11.7 Å². The zero-order valence-corrected chi connectivity index (χ0v) is 7.61. The Kier molecular flexibility index (Phi) is 2.56. The number of nitrogens with two attached hydrogens (primary N) is 1. The maximum absolute atomic E-state index is 5.44. The molecular formula is C8H15N5. The molecule has 1 saturated heterocycles. The van der Waals surface area contributed by atoms with Gasteiger partial charge in [0.25, 0.3) is 0 Å². The lowest BCUT2D eigenvalue weighted by Crippen LogP contribution is -2.14. The first-order chi connectivity index (χ1) is 6.38. The highest BCUT2D eigenvalue weighted by Crippen LogP contribution is 2.09. The summed E-state index contributed by atoms with van der Waals surface area (Å²) in [7, 11) is 0. The highest BCUT2D eigenvalue weighted by Gasteiger charge is 2.15. The predicted molar refractivity (Wildman–Crippen MR) is 48.9 cm³/mol. The molecule has 3 N–H and O–H groups in total. The van der Waals surface area contributed by atoms with Crippen molar-refractivity contribution in [2.75, 3.05) is 13.1 Å². The number of hydrogen-bond donors (Lipinski definition) is 2. The summed E-state index contributed by atoms with van der Waals surface area (Å²) in [6.45, 7) is 3.66. The molecule has 5 nitrogen and oxygen atoms in total. The van der Waals surface area contributed by atoms with E-state index >= 15 is 0 Å². The van der Waals surface area contributed by atoms with Gasteiger partial charge in [-0.05, 0) is 25.4 Å². The van der Waals surface area contributed by atoms with Crippen molar-refractivity contribution in [1.82, 2.24) is 20.3 Å². The Balaban J connectivity index is 1.92. The molecular weight excluding hydrogens is 166 g/mol. The fraction of sp³-hybridized carbons (Fsp3) is 0.750. The number of rotatable bonds is 3. The van der Waals surface area contributed by atoms with E-state index in [-0.39, 0.29) is 0 Å². The molecule has 72 valence electrons. The van der Waals surface area contributed by atoms with Gasteiger partial charge in [-0.3, -0.25) is 4.68 Å². The van der Waals surface area contributed by atoms with Crippen LogP contribution in [0.2, 0.25) is 0 Å². The average molecular weight is 181 g/mol. The van der Waals surface area contributed by atoms with Crippen LogP contribution in [0.1, 0.15) is 12.1 Å². The maximum Gasteiger partial charge on any atom is 0.0962 e. The van der Waals surface area contributed by atoms with Crippen molar-refractivity contribution in [3.8, 4) is 0 Å². The maximum atomic E-state index is 5.44. The Morgan fingerprint density at radius 1 is 1.69 bits per heavy atom. The summed E-state index contributed by atoms with van der Waals surface area (Å²) < 4.78 is 1.89. The largest absolute Gasteiger partial charge is 0.325 e. The van der Waals surface area contributed by atoms with Gasteiger partial charge in [-0.25, -0.2) is 0 Å². The number of nitrogens with one attached hydrogen (secondary N) is 1. The Hall–Kier alpha value is -0.940. The molecule has 0 unspecified atom stereocenters. The Morgan fingerprint density at radius 2 is 2.62 bits per heavy atom. The standard InChI is InChI=1S/C8H15N5/c9-3-8-6-13(12-11-8)5-7-1-2-10-4-7/h6-7,10H,1-5,9H2/t7-/m0/s1. The topological polar surface area (TPSA) is 68.8 Å². The molecule has 13 heavy (non-hydrogen) atoms. The highest BCUT2D eigenvalue weighted by molar-refractivity contribution is 4.90. The molecule has 2 rings (SSSR count). The summed E-state index contributed by atoms with van der Waals surface area (Å²) in [5.74, 6) is 0.701. The van der Waals surface area contributed by atoms with Crippen LogP contribution in [0, 0.1) is 5.92 Å². The lowest BCUT2D eigenvalue weighted by molar-refractivity contribution is 0.441. The molecule has 0 radical (unpaired) electrons. The lowest BCUT2D eigenvalue weighted by atomic mass is 10.1. The molecule has 5 heteroatoms. The molecule has 1 aliphatic rings. The van der Waals surface area contributed by atoms with E-state index in [0.29, 0.717) is 12.5 Å². The van der Waals surface area contributed by atoms with E-state index < -0.39 is 0 Å². The summed E-state index contributed by atoms with van der Waals surface area (Å²) in [6.07, 6.45) is 3.16. The minimum Gasteiger partial charge on any atom is -0.325 e. The van der Waals surface area contributed by atoms with Crippen LogP contribution >= 0.6 is 0 Å². The highest BCUT2D eigenvalue weighted by atomic mass is 15.4. The summed E-state index contributed by atoms with van der Waals surface area (Å²) >= 11 is 0. The van der Waals surface area contributed by atoms with Crippen LogP contribution in [0.5, 0.6) is 0 Å². The van der Waals surface area contributed by atoms with Crippen LogP contribution in [0.25, 0.3) is 0 Å². The molecule has 0 aromatic carbocycles. The van der Waals surface area contributed by atoms with Gasteiger partial charge in [0.1, 0.15) is 0 Å². The molecule has 1 fully saturated rings. The van der Waals surface area contributed by atoms with Crippen molar-refractivity contribution in [3.05, 3.63) is 11.9 Å². The second-order valence-electron chi connectivity index (χ2n) is 3.49. The SMILES string of the molecule is NCc1cn(C[C@H]2CCNC2)nn1. The first-order valence-corrected chi connectivity index (χ1v) is 4.68. The van der Waals surface area contributed by atoms with E-state index in [0.717, 1.165) is 25.3 Å². The van der Waals surface area contributed by atoms with Crippen LogP contribution < -0.4 is 11.1 Å². The Morgan fingerprint density at radius 3 is 3.23 bits per heavy atom. The molecule has 0 spiro atoms. The number of aromatic nitrogens is 3. The van der Waals surface area contributed by atoms with Gasteiger partial charge in [-0.15, -0.1) is 5.10 Å². The molecule has 1 aliphatic heterocycles.